The second-order valence-corrected chi connectivity index (χ2v) is 7.87. The fraction of sp³-hybridized carbons (Fsp3) is 0.250. The van der Waals surface area contributed by atoms with Gasteiger partial charge < -0.3 is 19.7 Å². The average molecular weight is 462 g/mol. The molecule has 3 heterocycles. The van der Waals surface area contributed by atoms with Crippen molar-refractivity contribution < 1.29 is 13.9 Å². The molecule has 0 saturated carbocycles. The van der Waals surface area contributed by atoms with E-state index in [0.717, 1.165) is 36.2 Å². The largest absolute Gasteiger partial charge is 0.493 e. The molecule has 1 atom stereocenters. The highest BCUT2D eigenvalue weighted by molar-refractivity contribution is 5.67. The number of hydrogen-bond acceptors (Lipinski definition) is 8. The summed E-state index contributed by atoms with van der Waals surface area (Å²) in [5.74, 6) is 2.57. The number of rotatable bonds is 7. The first kappa shape index (κ1) is 21.6. The molecule has 10 heteroatoms. The van der Waals surface area contributed by atoms with E-state index >= 15 is 0 Å². The first-order chi connectivity index (χ1) is 16.6. The molecule has 174 valence electrons. The summed E-state index contributed by atoms with van der Waals surface area (Å²) < 4.78 is 24.0. The van der Waals surface area contributed by atoms with Crippen LogP contribution in [0.1, 0.15) is 24.4 Å². The van der Waals surface area contributed by atoms with Gasteiger partial charge in [-0.25, -0.2) is 14.4 Å². The summed E-state index contributed by atoms with van der Waals surface area (Å²) in [5.41, 5.74) is 2.74. The molecular formula is C24H24FN7O2. The summed E-state index contributed by atoms with van der Waals surface area (Å²) in [6.45, 7) is 0.817. The van der Waals surface area contributed by atoms with Gasteiger partial charge in [0.05, 0.1) is 26.0 Å². The zero-order chi connectivity index (χ0) is 23.5. The summed E-state index contributed by atoms with van der Waals surface area (Å²) in [5, 5.41) is 10.5. The highest BCUT2D eigenvalue weighted by Gasteiger charge is 2.28. The molecule has 0 spiro atoms. The van der Waals surface area contributed by atoms with Crippen LogP contribution in [0.15, 0.2) is 54.9 Å². The normalized spacial score (nSPS) is 15.4. The average Bonchev–Trinajstić information content (AvgIpc) is 3.54. The number of nitrogens with one attached hydrogen (secondary N) is 2. The van der Waals surface area contributed by atoms with Crippen molar-refractivity contribution in [3.8, 4) is 22.8 Å². The molecule has 0 bridgehead atoms. The fourth-order valence-corrected chi connectivity index (χ4v) is 4.18. The van der Waals surface area contributed by atoms with Crippen molar-refractivity contribution in [2.45, 2.75) is 18.9 Å². The van der Waals surface area contributed by atoms with Gasteiger partial charge in [0.2, 0.25) is 11.9 Å². The molecule has 0 radical (unpaired) electrons. The van der Waals surface area contributed by atoms with Gasteiger partial charge in [-0.1, -0.05) is 12.1 Å². The summed E-state index contributed by atoms with van der Waals surface area (Å²) in [4.78, 5) is 15.4. The lowest BCUT2D eigenvalue weighted by atomic mass is 10.0. The van der Waals surface area contributed by atoms with E-state index in [1.807, 2.05) is 36.4 Å². The van der Waals surface area contributed by atoms with Gasteiger partial charge in [-0.3, -0.25) is 5.10 Å². The first-order valence-corrected chi connectivity index (χ1v) is 10.9. The van der Waals surface area contributed by atoms with E-state index < -0.39 is 0 Å². The van der Waals surface area contributed by atoms with Crippen LogP contribution in [0.4, 0.5) is 22.1 Å². The van der Waals surface area contributed by atoms with Crippen LogP contribution in [0.2, 0.25) is 0 Å². The Bertz CT molecular complexity index is 1280. The molecule has 1 aliphatic heterocycles. The third-order valence-electron chi connectivity index (χ3n) is 5.84. The number of hydrogen-bond donors (Lipinski definition) is 2. The monoisotopic (exact) mass is 461 g/mol. The van der Waals surface area contributed by atoms with Crippen molar-refractivity contribution in [2.75, 3.05) is 31.0 Å². The van der Waals surface area contributed by atoms with Crippen molar-refractivity contribution >= 4 is 17.7 Å². The zero-order valence-electron chi connectivity index (χ0n) is 18.8. The van der Waals surface area contributed by atoms with Crippen LogP contribution in [0, 0.1) is 5.82 Å². The molecule has 2 aromatic carbocycles. The van der Waals surface area contributed by atoms with Crippen molar-refractivity contribution in [1.82, 2.24) is 25.1 Å². The predicted molar refractivity (Wildman–Crippen MR) is 126 cm³/mol. The quantitative estimate of drug-likeness (QED) is 0.415. The number of H-pyrrole nitrogens is 1. The van der Waals surface area contributed by atoms with Crippen LogP contribution in [-0.4, -0.2) is 45.9 Å². The molecule has 1 unspecified atom stereocenters. The molecule has 5 rings (SSSR count). The maximum atomic E-state index is 13.4. The van der Waals surface area contributed by atoms with Gasteiger partial charge in [0.25, 0.3) is 0 Å². The number of benzene rings is 2. The molecular weight excluding hydrogens is 437 g/mol. The predicted octanol–water partition coefficient (Wildman–Crippen LogP) is 4.50. The summed E-state index contributed by atoms with van der Waals surface area (Å²) in [6.07, 6.45) is 3.44. The molecule has 1 saturated heterocycles. The molecule has 4 aromatic rings. The Balaban J connectivity index is 1.34. The molecule has 1 fully saturated rings. The Morgan fingerprint density at radius 2 is 1.85 bits per heavy atom. The molecule has 1 aliphatic rings. The topological polar surface area (TPSA) is 101 Å². The maximum absolute atomic E-state index is 13.4. The van der Waals surface area contributed by atoms with Crippen molar-refractivity contribution in [3.05, 3.63) is 66.2 Å². The lowest BCUT2D eigenvalue weighted by Gasteiger charge is -2.25. The Kier molecular flexibility index (Phi) is 5.94. The lowest BCUT2D eigenvalue weighted by Crippen LogP contribution is -2.25. The van der Waals surface area contributed by atoms with Crippen LogP contribution in [0.3, 0.4) is 0 Å². The zero-order valence-corrected chi connectivity index (χ0v) is 18.8. The van der Waals surface area contributed by atoms with Crippen molar-refractivity contribution in [1.29, 1.82) is 0 Å². The molecule has 0 amide bonds. The number of anilines is 3. The fourth-order valence-electron chi connectivity index (χ4n) is 4.18. The van der Waals surface area contributed by atoms with Crippen LogP contribution in [0.25, 0.3) is 11.3 Å². The van der Waals surface area contributed by atoms with Crippen LogP contribution >= 0.6 is 0 Å². The minimum atomic E-state index is -0.244. The number of halogens is 1. The maximum Gasteiger partial charge on any atom is 0.233 e. The molecule has 2 N–H and O–H groups in total. The van der Waals surface area contributed by atoms with E-state index in [1.165, 1.54) is 18.5 Å². The van der Waals surface area contributed by atoms with E-state index in [9.17, 15) is 4.39 Å². The molecule has 34 heavy (non-hydrogen) atoms. The Hall–Kier alpha value is -4.21. The number of ether oxygens (including phenoxy) is 2. The van der Waals surface area contributed by atoms with Crippen molar-refractivity contribution in [2.24, 2.45) is 0 Å². The van der Waals surface area contributed by atoms with Gasteiger partial charge in [-0.2, -0.15) is 10.1 Å². The Labute approximate surface area is 196 Å². The highest BCUT2D eigenvalue weighted by Crippen LogP contribution is 2.35. The van der Waals surface area contributed by atoms with Gasteiger partial charge in [0.1, 0.15) is 12.1 Å². The second kappa shape index (κ2) is 9.34. The summed E-state index contributed by atoms with van der Waals surface area (Å²) >= 11 is 0. The third kappa shape index (κ3) is 4.34. The van der Waals surface area contributed by atoms with Gasteiger partial charge in [-0.15, -0.1) is 0 Å². The summed E-state index contributed by atoms with van der Waals surface area (Å²) in [6, 6.07) is 14.2. The number of nitrogens with zero attached hydrogens (tertiary/aromatic N) is 5. The van der Waals surface area contributed by atoms with Crippen LogP contribution in [0.5, 0.6) is 11.5 Å². The van der Waals surface area contributed by atoms with E-state index in [0.29, 0.717) is 29.2 Å². The van der Waals surface area contributed by atoms with Crippen LogP contribution in [-0.2, 0) is 0 Å². The number of methoxy groups -OCH3 is 2. The number of aromatic amines is 1. The van der Waals surface area contributed by atoms with E-state index in [4.69, 9.17) is 9.47 Å². The minimum Gasteiger partial charge on any atom is -0.493 e. The molecule has 2 aromatic heterocycles. The van der Waals surface area contributed by atoms with Crippen LogP contribution < -0.4 is 19.7 Å². The van der Waals surface area contributed by atoms with Gasteiger partial charge in [0, 0.05) is 18.2 Å². The Morgan fingerprint density at radius 3 is 2.65 bits per heavy atom. The molecule has 9 nitrogen and oxygen atoms in total. The highest BCUT2D eigenvalue weighted by atomic mass is 19.1. The smallest absolute Gasteiger partial charge is 0.233 e. The number of aromatic nitrogens is 5. The lowest BCUT2D eigenvalue weighted by molar-refractivity contribution is 0.355. The van der Waals surface area contributed by atoms with E-state index in [-0.39, 0.29) is 11.9 Å². The van der Waals surface area contributed by atoms with Gasteiger partial charge in [-0.05, 0) is 48.7 Å². The first-order valence-electron chi connectivity index (χ1n) is 10.9. The second-order valence-electron chi connectivity index (χ2n) is 7.87. The van der Waals surface area contributed by atoms with E-state index in [2.05, 4.69) is 35.4 Å². The van der Waals surface area contributed by atoms with Gasteiger partial charge >= 0.3 is 0 Å². The van der Waals surface area contributed by atoms with Crippen molar-refractivity contribution in [3.63, 3.8) is 0 Å². The third-order valence-corrected chi connectivity index (χ3v) is 5.84. The SMILES string of the molecule is COc1ccc(-c2cc(Nc3ncnc(N4CCCC4c4ccc(F)cc4)n3)n[nH]2)cc1OC. The minimum absolute atomic E-state index is 0.0953. The van der Waals surface area contributed by atoms with E-state index in [1.54, 1.807) is 14.2 Å². The van der Waals surface area contributed by atoms with Gasteiger partial charge in [0.15, 0.2) is 17.3 Å². The Morgan fingerprint density at radius 1 is 1.03 bits per heavy atom. The molecule has 0 aliphatic carbocycles. The standard InChI is InChI=1S/C24H24FN7O2/c1-33-20-10-7-16(12-21(20)34-2)18-13-22(31-30-18)28-23-26-14-27-24(29-23)32-11-3-4-19(32)15-5-8-17(25)9-6-15/h5-10,12-14,19H,3-4,11H2,1-2H3,(H2,26,27,28,29,30,31). The summed E-state index contributed by atoms with van der Waals surface area (Å²) in [7, 11) is 3.20.